The molecule has 0 aromatic rings. The van der Waals surface area contributed by atoms with Gasteiger partial charge in [0.25, 0.3) is 0 Å². The highest BCUT2D eigenvalue weighted by atomic mass is 16.3. The number of unbranched alkanes of at least 4 members (excludes halogenated alkanes) is 11. The molecule has 1 unspecified atom stereocenters. The van der Waals surface area contributed by atoms with Crippen molar-refractivity contribution in [1.82, 2.24) is 0 Å². The number of allylic oxidation sites excluding steroid dienone is 3. The molecule has 0 heterocycles. The molecule has 0 saturated heterocycles. The highest BCUT2D eigenvalue weighted by Crippen LogP contribution is 2.09. The average Bonchev–Trinajstić information content (AvgIpc) is 2.81. The van der Waals surface area contributed by atoms with E-state index in [0.29, 0.717) is 0 Å². The quantitative estimate of drug-likeness (QED) is 0.159. The van der Waals surface area contributed by atoms with Crippen molar-refractivity contribution in [3.05, 3.63) is 24.3 Å². The smallest absolute Gasteiger partial charge is 0.133 e. The second kappa shape index (κ2) is 24.9. The number of terminal acetylenes is 2. The minimum absolute atomic E-state index is 0.566. The van der Waals surface area contributed by atoms with E-state index in [9.17, 15) is 10.2 Å². The summed E-state index contributed by atoms with van der Waals surface area (Å²) in [6.45, 7) is 0. The molecule has 0 saturated carbocycles. The van der Waals surface area contributed by atoms with E-state index in [1.54, 1.807) is 6.08 Å². The Morgan fingerprint density at radius 2 is 1.12 bits per heavy atom. The highest BCUT2D eigenvalue weighted by molar-refractivity contribution is 5.09. The molecule has 0 amide bonds. The van der Waals surface area contributed by atoms with Crippen molar-refractivity contribution in [2.45, 2.75) is 115 Å². The van der Waals surface area contributed by atoms with Crippen molar-refractivity contribution < 1.29 is 10.2 Å². The molecule has 0 bridgehead atoms. The summed E-state index contributed by atoms with van der Waals surface area (Å²) in [6.07, 6.45) is 33.7. The first-order valence-corrected chi connectivity index (χ1v) is 12.2. The zero-order valence-corrected chi connectivity index (χ0v) is 19.8. The zero-order valence-electron chi connectivity index (χ0n) is 19.8. The third kappa shape index (κ3) is 23.9. The van der Waals surface area contributed by atoms with Crippen LogP contribution in [0.15, 0.2) is 24.3 Å². The number of hydrogen-bond acceptors (Lipinski definition) is 2. The van der Waals surface area contributed by atoms with Gasteiger partial charge < -0.3 is 10.2 Å². The first-order valence-electron chi connectivity index (χ1n) is 12.2. The number of aliphatic hydroxyl groups excluding tert-OH is 2. The largest absolute Gasteiger partial charge is 0.380 e. The second-order valence-corrected chi connectivity index (χ2v) is 7.92. The first kappa shape index (κ1) is 29.6. The standard InChI is InChI=1S/C30H42O2/c1-3-29(31)27-25-23-21-19-17-15-13-11-9-7-5-6-8-10-12-14-16-18-20-22-24-26-28-30(32)4-2/h1-2,5-6,25,27,29-32H,7-8,13-24,26,28H2/b6-5-,27-25+/t29?,30-/m1/s1. The highest BCUT2D eigenvalue weighted by Gasteiger charge is 1.97. The molecular weight excluding hydrogens is 392 g/mol. The Kier molecular flexibility index (Phi) is 23.1. The summed E-state index contributed by atoms with van der Waals surface area (Å²) in [7, 11) is 0. The summed E-state index contributed by atoms with van der Waals surface area (Å²) < 4.78 is 0. The maximum absolute atomic E-state index is 9.27. The van der Waals surface area contributed by atoms with Gasteiger partial charge in [-0.1, -0.05) is 80.4 Å². The molecule has 0 aliphatic rings. The van der Waals surface area contributed by atoms with E-state index in [-0.39, 0.29) is 0 Å². The van der Waals surface area contributed by atoms with E-state index in [0.717, 1.165) is 64.2 Å². The monoisotopic (exact) mass is 434 g/mol. The summed E-state index contributed by atoms with van der Waals surface area (Å²) in [5, 5.41) is 18.5. The lowest BCUT2D eigenvalue weighted by molar-refractivity contribution is 0.217. The molecule has 2 atom stereocenters. The van der Waals surface area contributed by atoms with Crippen LogP contribution in [-0.2, 0) is 0 Å². The molecule has 0 aliphatic carbocycles. The first-order chi connectivity index (χ1) is 15.7. The minimum Gasteiger partial charge on any atom is -0.380 e. The maximum Gasteiger partial charge on any atom is 0.133 e. The normalized spacial score (nSPS) is 12.4. The van der Waals surface area contributed by atoms with Crippen LogP contribution in [0.25, 0.3) is 0 Å². The third-order valence-electron chi connectivity index (χ3n) is 4.99. The fourth-order valence-corrected chi connectivity index (χ4v) is 3.06. The molecule has 174 valence electrons. The van der Waals surface area contributed by atoms with Gasteiger partial charge >= 0.3 is 0 Å². The fourth-order valence-electron chi connectivity index (χ4n) is 3.06. The predicted molar refractivity (Wildman–Crippen MR) is 137 cm³/mol. The van der Waals surface area contributed by atoms with Gasteiger partial charge in [-0.3, -0.25) is 0 Å². The summed E-state index contributed by atoms with van der Waals surface area (Å²) in [6, 6.07) is 0. The van der Waals surface area contributed by atoms with Gasteiger partial charge in [0.05, 0.1) is 0 Å². The number of hydrogen-bond donors (Lipinski definition) is 2. The number of aliphatic hydroxyl groups is 2. The molecule has 0 rings (SSSR count). The zero-order chi connectivity index (χ0) is 23.5. The third-order valence-corrected chi connectivity index (χ3v) is 4.99. The second-order valence-electron chi connectivity index (χ2n) is 7.92. The molecule has 0 aliphatic heterocycles. The molecule has 0 aromatic carbocycles. The van der Waals surface area contributed by atoms with Gasteiger partial charge in [-0.05, 0) is 44.6 Å². The topological polar surface area (TPSA) is 40.5 Å². The Morgan fingerprint density at radius 3 is 1.69 bits per heavy atom. The van der Waals surface area contributed by atoms with Gasteiger partial charge in [-0.25, -0.2) is 0 Å². The van der Waals surface area contributed by atoms with Crippen LogP contribution in [0.4, 0.5) is 0 Å². The summed E-state index contributed by atoms with van der Waals surface area (Å²) in [4.78, 5) is 0. The van der Waals surface area contributed by atoms with Gasteiger partial charge in [0.2, 0.25) is 0 Å². The molecule has 2 nitrogen and oxygen atoms in total. The SMILES string of the molecule is C#CC(O)/C=C/CCCCCCC#CC/C=C\CC#CCCCCCCCC[C@H](O)C#C. The maximum atomic E-state index is 9.27. The van der Waals surface area contributed by atoms with Crippen molar-refractivity contribution in [2.24, 2.45) is 0 Å². The molecule has 0 fully saturated rings. The minimum atomic E-state index is -0.745. The van der Waals surface area contributed by atoms with Crippen LogP contribution in [0.5, 0.6) is 0 Å². The van der Waals surface area contributed by atoms with Crippen LogP contribution < -0.4 is 0 Å². The van der Waals surface area contributed by atoms with Gasteiger partial charge in [0, 0.05) is 25.7 Å². The fraction of sp³-hybridized carbons (Fsp3) is 0.600. The van der Waals surface area contributed by atoms with E-state index in [1.807, 2.05) is 6.08 Å². The van der Waals surface area contributed by atoms with Crippen LogP contribution in [0.1, 0.15) is 103 Å². The summed E-state index contributed by atoms with van der Waals surface area (Å²) >= 11 is 0. The van der Waals surface area contributed by atoms with Crippen LogP contribution in [0.3, 0.4) is 0 Å². The van der Waals surface area contributed by atoms with Crippen molar-refractivity contribution in [3.8, 4) is 48.4 Å². The molecule has 0 radical (unpaired) electrons. The van der Waals surface area contributed by atoms with Crippen LogP contribution in [-0.4, -0.2) is 22.4 Å². The molecule has 32 heavy (non-hydrogen) atoms. The molecule has 2 heteroatoms. The Labute approximate surface area is 198 Å². The Morgan fingerprint density at radius 1 is 0.594 bits per heavy atom. The lowest BCUT2D eigenvalue weighted by Gasteiger charge is -2.02. The van der Waals surface area contributed by atoms with Crippen molar-refractivity contribution in [1.29, 1.82) is 0 Å². The molecular formula is C30H42O2. The lowest BCUT2D eigenvalue weighted by atomic mass is 10.1. The summed E-state index contributed by atoms with van der Waals surface area (Å²) in [5.41, 5.74) is 0. The van der Waals surface area contributed by atoms with E-state index in [4.69, 9.17) is 12.8 Å². The van der Waals surface area contributed by atoms with Crippen molar-refractivity contribution >= 4 is 0 Å². The van der Waals surface area contributed by atoms with Gasteiger partial charge in [-0.15, -0.1) is 24.7 Å². The van der Waals surface area contributed by atoms with Crippen LogP contribution in [0, 0.1) is 48.4 Å². The van der Waals surface area contributed by atoms with Crippen molar-refractivity contribution in [2.75, 3.05) is 0 Å². The van der Waals surface area contributed by atoms with E-state index < -0.39 is 12.2 Å². The van der Waals surface area contributed by atoms with Crippen molar-refractivity contribution in [3.63, 3.8) is 0 Å². The van der Waals surface area contributed by atoms with Gasteiger partial charge in [0.1, 0.15) is 12.2 Å². The molecule has 0 spiro atoms. The van der Waals surface area contributed by atoms with Crippen LogP contribution in [0.2, 0.25) is 0 Å². The van der Waals surface area contributed by atoms with Gasteiger partial charge in [-0.2, -0.15) is 0 Å². The van der Waals surface area contributed by atoms with E-state index in [2.05, 4.69) is 47.7 Å². The summed E-state index contributed by atoms with van der Waals surface area (Å²) in [5.74, 6) is 17.5. The Bertz CT molecular complexity index is 694. The predicted octanol–water partition coefficient (Wildman–Crippen LogP) is 6.34. The van der Waals surface area contributed by atoms with E-state index in [1.165, 1.54) is 38.5 Å². The average molecular weight is 435 g/mol. The molecule has 0 aromatic heterocycles. The molecule has 2 N–H and O–H groups in total. The Balaban J connectivity index is 3.41. The number of rotatable bonds is 17. The lowest BCUT2D eigenvalue weighted by Crippen LogP contribution is -2.01. The Hall–Kier alpha value is -2.36. The van der Waals surface area contributed by atoms with E-state index >= 15 is 0 Å². The van der Waals surface area contributed by atoms with Gasteiger partial charge in [0.15, 0.2) is 0 Å². The van der Waals surface area contributed by atoms with Crippen LogP contribution >= 0.6 is 0 Å².